The molecule has 0 aromatic heterocycles. The Labute approximate surface area is 201 Å². The van der Waals surface area contributed by atoms with Gasteiger partial charge in [-0.05, 0) is 50.6 Å². The predicted molar refractivity (Wildman–Crippen MR) is 131 cm³/mol. The second-order valence-corrected chi connectivity index (χ2v) is 10.4. The van der Waals surface area contributed by atoms with Gasteiger partial charge in [-0.3, -0.25) is 4.79 Å². The van der Waals surface area contributed by atoms with Crippen molar-refractivity contribution in [1.29, 1.82) is 0 Å². The van der Waals surface area contributed by atoms with Crippen LogP contribution >= 0.6 is 0 Å². The number of carbonyl (C=O) groups excluding carboxylic acids is 1. The summed E-state index contributed by atoms with van der Waals surface area (Å²) in [6, 6.07) is 21.6. The molecule has 0 aliphatic heterocycles. The highest BCUT2D eigenvalue weighted by molar-refractivity contribution is 7.89. The number of sulfonamides is 1. The molecule has 0 unspecified atom stereocenters. The van der Waals surface area contributed by atoms with Crippen LogP contribution in [-0.2, 0) is 23.2 Å². The number of nitrogens with one attached hydrogen (secondary N) is 2. The standard InChI is InChI=1S/C26H30N2O5S/c1-26(2,3)28-34(30,31)24-16-20(14-15-23(24)32-4)25(29)27-17-21-12-8-9-13-22(21)33-18-19-10-6-5-7-11-19/h5-16,28H,17-18H2,1-4H3,(H,27,29). The van der Waals surface area contributed by atoms with Gasteiger partial charge in [-0.1, -0.05) is 48.5 Å². The zero-order valence-electron chi connectivity index (χ0n) is 19.8. The highest BCUT2D eigenvalue weighted by Gasteiger charge is 2.26. The van der Waals surface area contributed by atoms with Crippen LogP contribution in [-0.4, -0.2) is 27.0 Å². The zero-order chi connectivity index (χ0) is 24.8. The molecule has 7 nitrogen and oxygen atoms in total. The van der Waals surface area contributed by atoms with Crippen molar-refractivity contribution >= 4 is 15.9 Å². The predicted octanol–water partition coefficient (Wildman–Crippen LogP) is 4.28. The molecule has 1 amide bonds. The van der Waals surface area contributed by atoms with Gasteiger partial charge in [0.15, 0.2) is 0 Å². The summed E-state index contributed by atoms with van der Waals surface area (Å²) in [7, 11) is -2.51. The lowest BCUT2D eigenvalue weighted by molar-refractivity contribution is 0.0950. The van der Waals surface area contributed by atoms with E-state index >= 15 is 0 Å². The van der Waals surface area contributed by atoms with Crippen LogP contribution in [0.2, 0.25) is 0 Å². The molecular formula is C26H30N2O5S. The van der Waals surface area contributed by atoms with Crippen molar-refractivity contribution in [2.75, 3.05) is 7.11 Å². The van der Waals surface area contributed by atoms with Crippen molar-refractivity contribution in [3.8, 4) is 11.5 Å². The highest BCUT2D eigenvalue weighted by Crippen LogP contribution is 2.26. The Bertz CT molecular complexity index is 1240. The summed E-state index contributed by atoms with van der Waals surface area (Å²) in [5, 5.41) is 2.84. The molecule has 0 bridgehead atoms. The van der Waals surface area contributed by atoms with Crippen molar-refractivity contribution in [2.24, 2.45) is 0 Å². The summed E-state index contributed by atoms with van der Waals surface area (Å²) >= 11 is 0. The Hall–Kier alpha value is -3.36. The Morgan fingerprint density at radius 1 is 0.912 bits per heavy atom. The number of hydrogen-bond donors (Lipinski definition) is 2. The molecule has 180 valence electrons. The van der Waals surface area contributed by atoms with E-state index in [1.54, 1.807) is 20.8 Å². The minimum Gasteiger partial charge on any atom is -0.495 e. The Morgan fingerprint density at radius 3 is 2.26 bits per heavy atom. The fraction of sp³-hybridized carbons (Fsp3) is 0.269. The van der Waals surface area contributed by atoms with Gasteiger partial charge in [0.2, 0.25) is 10.0 Å². The summed E-state index contributed by atoms with van der Waals surface area (Å²) in [5.74, 6) is 0.416. The van der Waals surface area contributed by atoms with E-state index in [1.807, 2.05) is 54.6 Å². The Kier molecular flexibility index (Phi) is 7.96. The molecule has 3 rings (SSSR count). The van der Waals surface area contributed by atoms with Gasteiger partial charge in [-0.15, -0.1) is 0 Å². The number of ether oxygens (including phenoxy) is 2. The molecule has 0 saturated heterocycles. The maximum atomic E-state index is 12.9. The van der Waals surface area contributed by atoms with Crippen LogP contribution < -0.4 is 19.5 Å². The quantitative estimate of drug-likeness (QED) is 0.475. The summed E-state index contributed by atoms with van der Waals surface area (Å²) in [6.07, 6.45) is 0. The van der Waals surface area contributed by atoms with Gasteiger partial charge in [0, 0.05) is 23.2 Å². The lowest BCUT2D eigenvalue weighted by Crippen LogP contribution is -2.40. The molecular weight excluding hydrogens is 452 g/mol. The van der Waals surface area contributed by atoms with Gasteiger partial charge in [0.1, 0.15) is 23.0 Å². The number of rotatable bonds is 9. The maximum absolute atomic E-state index is 12.9. The SMILES string of the molecule is COc1ccc(C(=O)NCc2ccccc2OCc2ccccc2)cc1S(=O)(=O)NC(C)(C)C. The van der Waals surface area contributed by atoms with Crippen molar-refractivity contribution in [3.05, 3.63) is 89.5 Å². The average Bonchev–Trinajstić information content (AvgIpc) is 2.80. The molecule has 0 saturated carbocycles. The fourth-order valence-electron chi connectivity index (χ4n) is 3.29. The first-order valence-corrected chi connectivity index (χ1v) is 12.3. The van der Waals surface area contributed by atoms with E-state index in [-0.39, 0.29) is 22.8 Å². The van der Waals surface area contributed by atoms with E-state index < -0.39 is 21.5 Å². The second kappa shape index (κ2) is 10.7. The molecule has 3 aromatic carbocycles. The van der Waals surface area contributed by atoms with E-state index in [4.69, 9.17) is 9.47 Å². The smallest absolute Gasteiger partial charge is 0.251 e. The monoisotopic (exact) mass is 482 g/mol. The lowest BCUT2D eigenvalue weighted by atomic mass is 10.1. The summed E-state index contributed by atoms with van der Waals surface area (Å²) in [5.41, 5.74) is 1.36. The van der Waals surface area contributed by atoms with Crippen LogP contribution in [0.4, 0.5) is 0 Å². The largest absolute Gasteiger partial charge is 0.495 e. The van der Waals surface area contributed by atoms with Crippen molar-refractivity contribution in [2.45, 2.75) is 44.4 Å². The van der Waals surface area contributed by atoms with E-state index in [0.29, 0.717) is 12.4 Å². The topological polar surface area (TPSA) is 93.7 Å². The maximum Gasteiger partial charge on any atom is 0.251 e. The number of benzene rings is 3. The first-order valence-electron chi connectivity index (χ1n) is 10.8. The van der Waals surface area contributed by atoms with Gasteiger partial charge in [0.05, 0.1) is 7.11 Å². The third kappa shape index (κ3) is 6.82. The third-order valence-corrected chi connectivity index (χ3v) is 6.58. The van der Waals surface area contributed by atoms with Gasteiger partial charge in [-0.2, -0.15) is 0 Å². The fourth-order valence-corrected chi connectivity index (χ4v) is 4.90. The minimum absolute atomic E-state index is 0.0934. The molecule has 0 heterocycles. The molecule has 0 radical (unpaired) electrons. The molecule has 0 fully saturated rings. The van der Waals surface area contributed by atoms with Gasteiger partial charge >= 0.3 is 0 Å². The molecule has 0 spiro atoms. The first-order chi connectivity index (χ1) is 16.1. The van der Waals surface area contributed by atoms with Crippen LogP contribution in [0.25, 0.3) is 0 Å². The summed E-state index contributed by atoms with van der Waals surface area (Å²) in [6.45, 7) is 5.85. The molecule has 34 heavy (non-hydrogen) atoms. The summed E-state index contributed by atoms with van der Waals surface area (Å²) < 4.78 is 39.5. The zero-order valence-corrected chi connectivity index (χ0v) is 20.6. The molecule has 0 aliphatic carbocycles. The van der Waals surface area contributed by atoms with Gasteiger partial charge in [-0.25, -0.2) is 13.1 Å². The Morgan fingerprint density at radius 2 is 1.59 bits per heavy atom. The highest BCUT2D eigenvalue weighted by atomic mass is 32.2. The molecule has 8 heteroatoms. The van der Waals surface area contributed by atoms with Crippen LogP contribution in [0.1, 0.15) is 42.3 Å². The average molecular weight is 483 g/mol. The van der Waals surface area contributed by atoms with Crippen LogP contribution in [0.3, 0.4) is 0 Å². The van der Waals surface area contributed by atoms with Crippen LogP contribution in [0.5, 0.6) is 11.5 Å². The molecule has 2 N–H and O–H groups in total. The molecule has 0 atom stereocenters. The Balaban J connectivity index is 1.74. The van der Waals surface area contributed by atoms with Gasteiger partial charge in [0.25, 0.3) is 5.91 Å². The number of methoxy groups -OCH3 is 1. The van der Waals surface area contributed by atoms with Crippen molar-refractivity contribution in [3.63, 3.8) is 0 Å². The van der Waals surface area contributed by atoms with E-state index in [0.717, 1.165) is 11.1 Å². The second-order valence-electron chi connectivity index (χ2n) is 8.79. The van der Waals surface area contributed by atoms with Crippen LogP contribution in [0.15, 0.2) is 77.7 Å². The lowest BCUT2D eigenvalue weighted by Gasteiger charge is -2.21. The first kappa shape index (κ1) is 25.3. The molecule has 3 aromatic rings. The van der Waals surface area contributed by atoms with E-state index in [9.17, 15) is 13.2 Å². The number of carbonyl (C=O) groups is 1. The van der Waals surface area contributed by atoms with E-state index in [1.165, 1.54) is 25.3 Å². The van der Waals surface area contributed by atoms with Crippen molar-refractivity contribution in [1.82, 2.24) is 10.0 Å². The minimum atomic E-state index is -3.90. The number of para-hydroxylation sites is 1. The molecule has 0 aliphatic rings. The third-order valence-electron chi connectivity index (χ3n) is 4.81. The number of amides is 1. The number of hydrogen-bond acceptors (Lipinski definition) is 5. The van der Waals surface area contributed by atoms with E-state index in [2.05, 4.69) is 10.0 Å². The van der Waals surface area contributed by atoms with Crippen molar-refractivity contribution < 1.29 is 22.7 Å². The van der Waals surface area contributed by atoms with Crippen LogP contribution in [0, 0.1) is 0 Å². The normalized spacial score (nSPS) is 11.6. The van der Waals surface area contributed by atoms with Gasteiger partial charge < -0.3 is 14.8 Å². The summed E-state index contributed by atoms with van der Waals surface area (Å²) in [4.78, 5) is 12.8.